The highest BCUT2D eigenvalue weighted by atomic mass is 32.2. The number of carbonyl (C=O) groups excluding carboxylic acids is 2. The molecule has 7 nitrogen and oxygen atoms in total. The van der Waals surface area contributed by atoms with Gasteiger partial charge in [0.1, 0.15) is 18.2 Å². The molecule has 2 amide bonds. The first kappa shape index (κ1) is 20.3. The Bertz CT molecular complexity index is 980. The molecule has 2 N–H and O–H groups in total. The molecule has 0 heterocycles. The third-order valence-electron chi connectivity index (χ3n) is 3.35. The lowest BCUT2D eigenvalue weighted by Gasteiger charge is -2.22. The normalized spacial score (nSPS) is 11.0. The maximum atomic E-state index is 13.7. The number of sulfonamides is 1. The number of halogens is 2. The van der Waals surface area contributed by atoms with Crippen molar-refractivity contribution in [2.75, 3.05) is 27.7 Å². The second-order valence-corrected chi connectivity index (χ2v) is 7.58. The fourth-order valence-corrected chi connectivity index (χ4v) is 3.10. The van der Waals surface area contributed by atoms with Gasteiger partial charge in [0.05, 0.1) is 17.6 Å². The van der Waals surface area contributed by atoms with Crippen LogP contribution in [-0.2, 0) is 19.6 Å². The molecule has 0 aliphatic carbocycles. The van der Waals surface area contributed by atoms with Crippen LogP contribution in [0.3, 0.4) is 0 Å². The largest absolute Gasteiger partial charge is 0.326 e. The second-order valence-electron chi connectivity index (χ2n) is 5.67. The summed E-state index contributed by atoms with van der Waals surface area (Å²) in [4.78, 5) is 23.4. The molecule has 0 spiro atoms. The third-order valence-corrected chi connectivity index (χ3v) is 4.49. The van der Waals surface area contributed by atoms with Gasteiger partial charge in [-0.3, -0.25) is 13.9 Å². The lowest BCUT2D eigenvalue weighted by molar-refractivity contribution is -0.115. The van der Waals surface area contributed by atoms with E-state index in [0.717, 1.165) is 22.7 Å². The Labute approximate surface area is 155 Å². The van der Waals surface area contributed by atoms with Crippen molar-refractivity contribution in [1.82, 2.24) is 0 Å². The fraction of sp³-hybridized carbons (Fsp3) is 0.176. The van der Waals surface area contributed by atoms with Gasteiger partial charge < -0.3 is 10.6 Å². The van der Waals surface area contributed by atoms with E-state index in [2.05, 4.69) is 10.6 Å². The van der Waals surface area contributed by atoms with E-state index in [1.165, 1.54) is 25.1 Å². The predicted octanol–water partition coefficient (Wildman–Crippen LogP) is 2.33. The van der Waals surface area contributed by atoms with Crippen molar-refractivity contribution in [3.8, 4) is 0 Å². The highest BCUT2D eigenvalue weighted by Gasteiger charge is 2.22. The molecule has 0 aromatic heterocycles. The highest BCUT2D eigenvalue weighted by molar-refractivity contribution is 7.92. The van der Waals surface area contributed by atoms with Gasteiger partial charge in [-0.25, -0.2) is 17.2 Å². The number of rotatable bonds is 6. The van der Waals surface area contributed by atoms with Crippen LogP contribution in [-0.4, -0.2) is 33.0 Å². The van der Waals surface area contributed by atoms with Gasteiger partial charge in [-0.05, 0) is 30.3 Å². The summed E-state index contributed by atoms with van der Waals surface area (Å²) in [6.45, 7) is 0.658. The summed E-state index contributed by atoms with van der Waals surface area (Å²) in [5.41, 5.74) is 0.207. The number of hydrogen-bond acceptors (Lipinski definition) is 4. The molecule has 2 aromatic carbocycles. The van der Waals surface area contributed by atoms with Crippen LogP contribution in [0, 0.1) is 11.6 Å². The van der Waals surface area contributed by atoms with Crippen LogP contribution in [0.2, 0.25) is 0 Å². The topological polar surface area (TPSA) is 95.6 Å². The van der Waals surface area contributed by atoms with Crippen molar-refractivity contribution >= 4 is 38.9 Å². The monoisotopic (exact) mass is 397 g/mol. The van der Waals surface area contributed by atoms with Crippen molar-refractivity contribution in [2.45, 2.75) is 6.92 Å². The predicted molar refractivity (Wildman–Crippen MR) is 97.9 cm³/mol. The van der Waals surface area contributed by atoms with Crippen LogP contribution in [0.1, 0.15) is 6.92 Å². The molecule has 0 fully saturated rings. The summed E-state index contributed by atoms with van der Waals surface area (Å²) in [6.07, 6.45) is 0.907. The van der Waals surface area contributed by atoms with Crippen molar-refractivity contribution in [2.24, 2.45) is 0 Å². The first-order chi connectivity index (χ1) is 12.6. The minimum Gasteiger partial charge on any atom is -0.326 e. The Morgan fingerprint density at radius 3 is 2.37 bits per heavy atom. The Hall–Kier alpha value is -3.01. The number of anilines is 3. The molecule has 0 radical (unpaired) electrons. The van der Waals surface area contributed by atoms with E-state index < -0.39 is 34.1 Å². The quantitative estimate of drug-likeness (QED) is 0.782. The third kappa shape index (κ3) is 5.74. The van der Waals surface area contributed by atoms with Crippen molar-refractivity contribution in [3.63, 3.8) is 0 Å². The first-order valence-corrected chi connectivity index (χ1v) is 9.51. The molecule has 10 heteroatoms. The zero-order valence-electron chi connectivity index (χ0n) is 14.5. The summed E-state index contributed by atoms with van der Waals surface area (Å²) >= 11 is 0. The molecule has 2 rings (SSSR count). The smallest absolute Gasteiger partial charge is 0.245 e. The molecule has 0 aliphatic rings. The lowest BCUT2D eigenvalue weighted by atomic mass is 10.2. The zero-order chi connectivity index (χ0) is 20.2. The van der Waals surface area contributed by atoms with E-state index in [0.29, 0.717) is 11.8 Å². The van der Waals surface area contributed by atoms with Crippen molar-refractivity contribution in [1.29, 1.82) is 0 Å². The lowest BCUT2D eigenvalue weighted by Crippen LogP contribution is -2.37. The summed E-state index contributed by atoms with van der Waals surface area (Å²) in [7, 11) is -3.86. The molecule has 0 saturated carbocycles. The standard InChI is InChI=1S/C17H17F2N3O4S/c1-11(23)20-13-4-3-5-14(9-13)22(27(2,25)26)10-17(24)21-16-7-6-12(18)8-15(16)19/h3-9H,10H2,1-2H3,(H,20,23)(H,21,24). The molecule has 0 atom stereocenters. The fourth-order valence-electron chi connectivity index (χ4n) is 2.25. The second kappa shape index (κ2) is 8.12. The number of carbonyl (C=O) groups is 2. The Kier molecular flexibility index (Phi) is 6.11. The SMILES string of the molecule is CC(=O)Nc1cccc(N(CC(=O)Nc2ccc(F)cc2F)S(C)(=O)=O)c1. The van der Waals surface area contributed by atoms with Gasteiger partial charge in [-0.1, -0.05) is 6.07 Å². The number of nitrogens with one attached hydrogen (secondary N) is 2. The minimum atomic E-state index is -3.86. The Balaban J connectivity index is 2.25. The van der Waals surface area contributed by atoms with Gasteiger partial charge >= 0.3 is 0 Å². The molecule has 0 bridgehead atoms. The van der Waals surface area contributed by atoms with Gasteiger partial charge in [-0.15, -0.1) is 0 Å². The first-order valence-electron chi connectivity index (χ1n) is 7.66. The van der Waals surface area contributed by atoms with Gasteiger partial charge in [0.15, 0.2) is 0 Å². The summed E-state index contributed by atoms with van der Waals surface area (Å²) < 4.78 is 51.6. The van der Waals surface area contributed by atoms with Gasteiger partial charge in [0.2, 0.25) is 21.8 Å². The van der Waals surface area contributed by atoms with E-state index in [4.69, 9.17) is 0 Å². The highest BCUT2D eigenvalue weighted by Crippen LogP contribution is 2.22. The summed E-state index contributed by atoms with van der Waals surface area (Å²) in [5, 5.41) is 4.71. The Morgan fingerprint density at radius 2 is 1.78 bits per heavy atom. The molecule has 0 unspecified atom stereocenters. The molecule has 144 valence electrons. The van der Waals surface area contributed by atoms with Crippen LogP contribution >= 0.6 is 0 Å². The van der Waals surface area contributed by atoms with E-state index in [1.54, 1.807) is 6.07 Å². The van der Waals surface area contributed by atoms with E-state index >= 15 is 0 Å². The molecule has 0 saturated heterocycles. The molecule has 2 aromatic rings. The maximum absolute atomic E-state index is 13.7. The minimum absolute atomic E-state index is 0.137. The molecular formula is C17H17F2N3O4S. The van der Waals surface area contributed by atoms with Crippen molar-refractivity contribution < 1.29 is 26.8 Å². The summed E-state index contributed by atoms with van der Waals surface area (Å²) in [6, 6.07) is 8.48. The molecule has 0 aliphatic heterocycles. The van der Waals surface area contributed by atoms with Crippen LogP contribution < -0.4 is 14.9 Å². The van der Waals surface area contributed by atoms with E-state index in [9.17, 15) is 26.8 Å². The summed E-state index contributed by atoms with van der Waals surface area (Å²) in [5.74, 6) is -2.96. The number of benzene rings is 2. The maximum Gasteiger partial charge on any atom is 0.245 e. The molecule has 27 heavy (non-hydrogen) atoms. The zero-order valence-corrected chi connectivity index (χ0v) is 15.3. The van der Waals surface area contributed by atoms with Gasteiger partial charge in [0, 0.05) is 18.7 Å². The average Bonchev–Trinajstić information content (AvgIpc) is 2.54. The number of nitrogens with zero attached hydrogens (tertiary/aromatic N) is 1. The van der Waals surface area contributed by atoms with Gasteiger partial charge in [0.25, 0.3) is 0 Å². The van der Waals surface area contributed by atoms with Crippen LogP contribution in [0.15, 0.2) is 42.5 Å². The van der Waals surface area contributed by atoms with Crippen LogP contribution in [0.4, 0.5) is 25.8 Å². The van der Waals surface area contributed by atoms with Crippen LogP contribution in [0.5, 0.6) is 0 Å². The van der Waals surface area contributed by atoms with Gasteiger partial charge in [-0.2, -0.15) is 0 Å². The average molecular weight is 397 g/mol. The number of amides is 2. The van der Waals surface area contributed by atoms with E-state index in [-0.39, 0.29) is 17.3 Å². The van der Waals surface area contributed by atoms with Crippen molar-refractivity contribution in [3.05, 3.63) is 54.1 Å². The van der Waals surface area contributed by atoms with E-state index in [1.807, 2.05) is 0 Å². The Morgan fingerprint density at radius 1 is 1.07 bits per heavy atom. The van der Waals surface area contributed by atoms with Crippen LogP contribution in [0.25, 0.3) is 0 Å². The molecular weight excluding hydrogens is 380 g/mol. The number of hydrogen-bond donors (Lipinski definition) is 2.